The molecule has 1 aliphatic carbocycles. The third kappa shape index (κ3) is 4.07. The van der Waals surface area contributed by atoms with E-state index < -0.39 is 11.9 Å². The molecule has 0 unspecified atom stereocenters. The van der Waals surface area contributed by atoms with Gasteiger partial charge in [0, 0.05) is 23.9 Å². The molecule has 1 heterocycles. The summed E-state index contributed by atoms with van der Waals surface area (Å²) >= 11 is 0. The molecule has 3 rings (SSSR count). The molecule has 1 amide bonds. The number of carbonyl (C=O) groups is 1. The number of carbonyl (C=O) groups excluding carboxylic acids is 1. The first-order valence-electron chi connectivity index (χ1n) is 9.01. The first-order chi connectivity index (χ1) is 13.3. The first kappa shape index (κ1) is 20.0. The first-order valence-corrected chi connectivity index (χ1v) is 9.01. The van der Waals surface area contributed by atoms with Crippen LogP contribution in [0, 0.1) is 0 Å². The highest BCUT2D eigenvalue weighted by Gasteiger charge is 2.39. The van der Waals surface area contributed by atoms with E-state index >= 15 is 0 Å². The van der Waals surface area contributed by atoms with Crippen LogP contribution >= 0.6 is 0 Å². The van der Waals surface area contributed by atoms with E-state index in [1.165, 1.54) is 18.9 Å². The van der Waals surface area contributed by atoms with Crippen molar-refractivity contribution >= 4 is 5.91 Å². The van der Waals surface area contributed by atoms with Crippen molar-refractivity contribution < 1.29 is 27.4 Å². The van der Waals surface area contributed by atoms with Crippen LogP contribution in [0.25, 0.3) is 0 Å². The maximum absolute atomic E-state index is 13.2. The summed E-state index contributed by atoms with van der Waals surface area (Å²) in [6.07, 6.45) is -1.94. The van der Waals surface area contributed by atoms with Crippen molar-refractivity contribution in [2.24, 2.45) is 0 Å². The summed E-state index contributed by atoms with van der Waals surface area (Å²) in [5.74, 6) is 0.528. The largest absolute Gasteiger partial charge is 0.497 e. The van der Waals surface area contributed by atoms with Gasteiger partial charge in [0.2, 0.25) is 0 Å². The Morgan fingerprint density at radius 1 is 1.21 bits per heavy atom. The van der Waals surface area contributed by atoms with Gasteiger partial charge in [0.15, 0.2) is 5.69 Å². The number of hydrogen-bond acceptors (Lipinski definition) is 4. The Morgan fingerprint density at radius 2 is 1.96 bits per heavy atom. The third-order valence-corrected chi connectivity index (χ3v) is 4.79. The van der Waals surface area contributed by atoms with E-state index in [1.807, 2.05) is 0 Å². The van der Waals surface area contributed by atoms with E-state index in [9.17, 15) is 18.0 Å². The Hall–Kier alpha value is -2.71. The molecule has 6 nitrogen and oxygen atoms in total. The predicted octanol–water partition coefficient (Wildman–Crippen LogP) is 3.23. The number of hydrogen-bond donors (Lipinski definition) is 1. The van der Waals surface area contributed by atoms with Gasteiger partial charge in [-0.15, -0.1) is 0 Å². The normalized spacial score (nSPS) is 13.8. The number of amides is 1. The second-order valence-electron chi connectivity index (χ2n) is 6.52. The van der Waals surface area contributed by atoms with Crippen molar-refractivity contribution in [2.75, 3.05) is 20.8 Å². The number of rotatable bonds is 6. The molecule has 0 atom stereocenters. The lowest BCUT2D eigenvalue weighted by Gasteiger charge is -2.15. The smallest absolute Gasteiger partial charge is 0.435 e. The number of fused-ring (bicyclic) bond motifs is 1. The fraction of sp³-hybridized carbons (Fsp3) is 0.474. The highest BCUT2D eigenvalue weighted by molar-refractivity contribution is 5.97. The highest BCUT2D eigenvalue weighted by Crippen LogP contribution is 2.35. The van der Waals surface area contributed by atoms with Gasteiger partial charge in [0.1, 0.15) is 11.5 Å². The Morgan fingerprint density at radius 3 is 2.64 bits per heavy atom. The van der Waals surface area contributed by atoms with Crippen molar-refractivity contribution in [3.63, 3.8) is 0 Å². The van der Waals surface area contributed by atoms with Gasteiger partial charge in [-0.25, -0.2) is 0 Å². The molecule has 2 aromatic rings. The molecule has 1 N–H and O–H groups in total. The van der Waals surface area contributed by atoms with Gasteiger partial charge in [-0.05, 0) is 37.8 Å². The van der Waals surface area contributed by atoms with Crippen molar-refractivity contribution in [1.29, 1.82) is 0 Å². The van der Waals surface area contributed by atoms with Gasteiger partial charge in [-0.1, -0.05) is 0 Å². The van der Waals surface area contributed by atoms with Crippen LogP contribution in [0.4, 0.5) is 13.2 Å². The molecule has 0 radical (unpaired) electrons. The van der Waals surface area contributed by atoms with Gasteiger partial charge >= 0.3 is 6.18 Å². The molecule has 0 saturated heterocycles. The average molecular weight is 397 g/mol. The van der Waals surface area contributed by atoms with Crippen LogP contribution in [0.2, 0.25) is 0 Å². The standard InChI is InChI=1S/C19H22F3N3O3/c1-27-12-7-8-14(16(11-12)28-2)18(26)23-9-10-25-15-6-4-3-5-13(15)17(24-25)19(20,21)22/h7-8,11H,3-6,9-10H2,1-2H3,(H,23,26). The third-order valence-electron chi connectivity index (χ3n) is 4.79. The molecule has 152 valence electrons. The number of aromatic nitrogens is 2. The van der Waals surface area contributed by atoms with E-state index in [1.54, 1.807) is 18.2 Å². The summed E-state index contributed by atoms with van der Waals surface area (Å²) in [4.78, 5) is 12.4. The Balaban J connectivity index is 1.70. The fourth-order valence-electron chi connectivity index (χ4n) is 3.44. The van der Waals surface area contributed by atoms with Crippen molar-refractivity contribution in [1.82, 2.24) is 15.1 Å². The second-order valence-corrected chi connectivity index (χ2v) is 6.52. The molecule has 9 heteroatoms. The monoisotopic (exact) mass is 397 g/mol. The lowest BCUT2D eigenvalue weighted by molar-refractivity contribution is -0.142. The van der Waals surface area contributed by atoms with Crippen molar-refractivity contribution in [3.8, 4) is 11.5 Å². The van der Waals surface area contributed by atoms with Crippen LogP contribution in [0.5, 0.6) is 11.5 Å². The van der Waals surface area contributed by atoms with E-state index in [-0.39, 0.29) is 19.0 Å². The maximum Gasteiger partial charge on any atom is 0.435 e. The second kappa shape index (κ2) is 8.12. The van der Waals surface area contributed by atoms with Gasteiger partial charge in [0.25, 0.3) is 5.91 Å². The van der Waals surface area contributed by atoms with Crippen LogP contribution in [0.1, 0.15) is 40.2 Å². The van der Waals surface area contributed by atoms with Crippen LogP contribution in [0.15, 0.2) is 18.2 Å². The molecule has 0 spiro atoms. The topological polar surface area (TPSA) is 65.4 Å². The number of alkyl halides is 3. The number of halogens is 3. The zero-order chi connectivity index (χ0) is 20.3. The zero-order valence-electron chi connectivity index (χ0n) is 15.7. The summed E-state index contributed by atoms with van der Waals surface area (Å²) in [5.41, 5.74) is 0.434. The minimum Gasteiger partial charge on any atom is -0.497 e. The van der Waals surface area contributed by atoms with E-state index in [0.717, 1.165) is 12.8 Å². The SMILES string of the molecule is COc1ccc(C(=O)NCCn2nc(C(F)(F)F)c3c2CCCC3)c(OC)c1. The van der Waals surface area contributed by atoms with Gasteiger partial charge in [-0.3, -0.25) is 9.48 Å². The van der Waals surface area contributed by atoms with Crippen LogP contribution in [0.3, 0.4) is 0 Å². The molecular weight excluding hydrogens is 375 g/mol. The zero-order valence-corrected chi connectivity index (χ0v) is 15.7. The van der Waals surface area contributed by atoms with Gasteiger partial charge in [0.05, 0.1) is 26.3 Å². The summed E-state index contributed by atoms with van der Waals surface area (Å²) in [6.45, 7) is 0.321. The van der Waals surface area contributed by atoms with Gasteiger partial charge in [-0.2, -0.15) is 18.3 Å². The number of methoxy groups -OCH3 is 2. The summed E-state index contributed by atoms with van der Waals surface area (Å²) in [5, 5.41) is 6.50. The van der Waals surface area contributed by atoms with Gasteiger partial charge < -0.3 is 14.8 Å². The van der Waals surface area contributed by atoms with E-state index in [2.05, 4.69) is 10.4 Å². The Labute approximate surface area is 160 Å². The lowest BCUT2D eigenvalue weighted by atomic mass is 9.95. The number of nitrogens with zero attached hydrogens (tertiary/aromatic N) is 2. The Kier molecular flexibility index (Phi) is 5.81. The van der Waals surface area contributed by atoms with Crippen LogP contribution in [-0.2, 0) is 25.6 Å². The minimum atomic E-state index is -4.47. The molecule has 1 aromatic heterocycles. The maximum atomic E-state index is 13.2. The highest BCUT2D eigenvalue weighted by atomic mass is 19.4. The number of benzene rings is 1. The van der Waals surface area contributed by atoms with E-state index in [0.29, 0.717) is 41.2 Å². The molecule has 1 aliphatic rings. The van der Waals surface area contributed by atoms with E-state index in [4.69, 9.17) is 9.47 Å². The number of ether oxygens (including phenoxy) is 2. The molecule has 0 fully saturated rings. The number of nitrogens with one attached hydrogen (secondary N) is 1. The summed E-state index contributed by atoms with van der Waals surface area (Å²) in [7, 11) is 2.95. The van der Waals surface area contributed by atoms with Crippen LogP contribution < -0.4 is 14.8 Å². The molecular formula is C19H22F3N3O3. The van der Waals surface area contributed by atoms with Crippen molar-refractivity contribution in [3.05, 3.63) is 40.7 Å². The molecule has 1 aromatic carbocycles. The molecule has 0 bridgehead atoms. The quantitative estimate of drug-likeness (QED) is 0.813. The van der Waals surface area contributed by atoms with Crippen molar-refractivity contribution in [2.45, 2.75) is 38.4 Å². The molecule has 0 aliphatic heterocycles. The summed E-state index contributed by atoms with van der Waals surface area (Å²) < 4.78 is 51.4. The molecule has 28 heavy (non-hydrogen) atoms. The predicted molar refractivity (Wildman–Crippen MR) is 95.8 cm³/mol. The lowest BCUT2D eigenvalue weighted by Crippen LogP contribution is -2.28. The summed E-state index contributed by atoms with van der Waals surface area (Å²) in [6, 6.07) is 4.80. The molecule has 0 saturated carbocycles. The minimum absolute atomic E-state index is 0.152. The van der Waals surface area contributed by atoms with Crippen LogP contribution in [-0.4, -0.2) is 36.5 Å². The average Bonchev–Trinajstić information content (AvgIpc) is 3.06. The fourth-order valence-corrected chi connectivity index (χ4v) is 3.44. The Bertz CT molecular complexity index is 862.